The van der Waals surface area contributed by atoms with Crippen LogP contribution in [0, 0.1) is 5.41 Å². The highest BCUT2D eigenvalue weighted by molar-refractivity contribution is 6.30. The second kappa shape index (κ2) is 8.19. The number of carbonyl (C=O) groups is 2. The summed E-state index contributed by atoms with van der Waals surface area (Å²) in [6.07, 6.45) is 0.643. The molecule has 1 fully saturated rings. The molecule has 0 radical (unpaired) electrons. The molecule has 0 aliphatic carbocycles. The minimum absolute atomic E-state index is 0.0412. The molecule has 1 aromatic rings. The fourth-order valence-electron chi connectivity index (χ4n) is 2.90. The third-order valence-corrected chi connectivity index (χ3v) is 4.39. The lowest BCUT2D eigenvalue weighted by molar-refractivity contribution is -0.151. The predicted octanol–water partition coefficient (Wildman–Crippen LogP) is 3.44. The van der Waals surface area contributed by atoms with E-state index in [2.05, 4.69) is 0 Å². The maximum absolute atomic E-state index is 12.6. The van der Waals surface area contributed by atoms with E-state index in [9.17, 15) is 9.59 Å². The summed E-state index contributed by atoms with van der Waals surface area (Å²) in [5.74, 6) is -0.430. The van der Waals surface area contributed by atoms with Crippen molar-refractivity contribution in [1.82, 2.24) is 4.90 Å². The Hall–Kier alpha value is -1.59. The van der Waals surface area contributed by atoms with Crippen LogP contribution < -0.4 is 0 Å². The zero-order chi connectivity index (χ0) is 18.6. The summed E-state index contributed by atoms with van der Waals surface area (Å²) in [7, 11) is 1.34. The van der Waals surface area contributed by atoms with Gasteiger partial charge in [0.25, 0.3) is 0 Å². The van der Waals surface area contributed by atoms with Crippen LogP contribution in [0.4, 0.5) is 0 Å². The Morgan fingerprint density at radius 3 is 2.44 bits per heavy atom. The van der Waals surface area contributed by atoms with Crippen molar-refractivity contribution < 1.29 is 19.1 Å². The van der Waals surface area contributed by atoms with E-state index in [1.54, 1.807) is 4.90 Å². The summed E-state index contributed by atoms with van der Waals surface area (Å²) in [5.41, 5.74) is 0.860. The molecule has 0 N–H and O–H groups in total. The van der Waals surface area contributed by atoms with Crippen LogP contribution in [0.2, 0.25) is 5.02 Å². The van der Waals surface area contributed by atoms with Gasteiger partial charge in [-0.25, -0.2) is 4.79 Å². The highest BCUT2D eigenvalue weighted by Gasteiger charge is 2.41. The number of halogens is 1. The molecular formula is C19H26ClNO4. The number of methoxy groups -OCH3 is 1. The SMILES string of the molecule is COC(=O)[C@@H]1C[C@H](OCc2ccc(Cl)cc2)CN1C(=O)CC(C)(C)C. The first-order valence-electron chi connectivity index (χ1n) is 8.43. The molecule has 0 aromatic heterocycles. The van der Waals surface area contributed by atoms with Crippen LogP contribution in [0.3, 0.4) is 0 Å². The van der Waals surface area contributed by atoms with E-state index in [1.807, 2.05) is 45.0 Å². The van der Waals surface area contributed by atoms with Gasteiger partial charge in [0.05, 0.1) is 19.8 Å². The smallest absolute Gasteiger partial charge is 0.328 e. The summed E-state index contributed by atoms with van der Waals surface area (Å²) in [5, 5.41) is 0.675. The number of carbonyl (C=O) groups excluding carboxylic acids is 2. The van der Waals surface area contributed by atoms with E-state index in [1.165, 1.54) is 7.11 Å². The van der Waals surface area contributed by atoms with Gasteiger partial charge in [0.15, 0.2) is 0 Å². The van der Waals surface area contributed by atoms with Crippen LogP contribution in [-0.2, 0) is 25.7 Å². The Balaban J connectivity index is 2.00. The third kappa shape index (κ3) is 5.72. The number of hydrogen-bond donors (Lipinski definition) is 0. The van der Waals surface area contributed by atoms with Gasteiger partial charge in [0.2, 0.25) is 5.91 Å². The van der Waals surface area contributed by atoms with Crippen LogP contribution in [0.5, 0.6) is 0 Å². The van der Waals surface area contributed by atoms with Crippen LogP contribution in [-0.4, -0.2) is 42.6 Å². The minimum Gasteiger partial charge on any atom is -0.467 e. The molecule has 1 heterocycles. The van der Waals surface area contributed by atoms with E-state index in [-0.39, 0.29) is 23.4 Å². The van der Waals surface area contributed by atoms with Crippen LogP contribution in [0.25, 0.3) is 0 Å². The summed E-state index contributed by atoms with van der Waals surface area (Å²) < 4.78 is 10.8. The van der Waals surface area contributed by atoms with Crippen molar-refractivity contribution in [3.05, 3.63) is 34.9 Å². The summed E-state index contributed by atoms with van der Waals surface area (Å²) in [6, 6.07) is 6.85. The molecule has 1 saturated heterocycles. The Morgan fingerprint density at radius 2 is 1.88 bits per heavy atom. The van der Waals surface area contributed by atoms with Crippen molar-refractivity contribution in [2.75, 3.05) is 13.7 Å². The maximum atomic E-state index is 12.6. The molecule has 0 spiro atoms. The molecule has 0 bridgehead atoms. The second-order valence-electron chi connectivity index (χ2n) is 7.62. The standard InChI is InChI=1S/C19H26ClNO4/c1-19(2,3)10-17(22)21-11-15(9-16(21)18(23)24-4)25-12-13-5-7-14(20)8-6-13/h5-8,15-16H,9-12H2,1-4H3/t15-,16-/m0/s1. The van der Waals surface area contributed by atoms with Crippen molar-refractivity contribution in [3.63, 3.8) is 0 Å². The topological polar surface area (TPSA) is 55.8 Å². The lowest BCUT2D eigenvalue weighted by Crippen LogP contribution is -2.42. The molecule has 1 aliphatic heterocycles. The van der Waals surface area contributed by atoms with Crippen LogP contribution >= 0.6 is 11.6 Å². The lowest BCUT2D eigenvalue weighted by Gasteiger charge is -2.26. The van der Waals surface area contributed by atoms with Gasteiger partial charge >= 0.3 is 5.97 Å². The third-order valence-electron chi connectivity index (χ3n) is 4.14. The fraction of sp³-hybridized carbons (Fsp3) is 0.579. The predicted molar refractivity (Wildman–Crippen MR) is 96.2 cm³/mol. The molecule has 2 rings (SSSR count). The van der Waals surface area contributed by atoms with Gasteiger partial charge < -0.3 is 14.4 Å². The molecule has 0 saturated carbocycles. The molecule has 2 atom stereocenters. The zero-order valence-corrected chi connectivity index (χ0v) is 16.0. The van der Waals surface area contributed by atoms with E-state index < -0.39 is 6.04 Å². The van der Waals surface area contributed by atoms with Gasteiger partial charge in [-0.05, 0) is 23.1 Å². The second-order valence-corrected chi connectivity index (χ2v) is 8.05. The molecule has 138 valence electrons. The minimum atomic E-state index is -0.574. The van der Waals surface area contributed by atoms with Gasteiger partial charge in [0.1, 0.15) is 6.04 Å². The number of rotatable bonds is 5. The first-order chi connectivity index (χ1) is 11.7. The number of likely N-dealkylation sites (tertiary alicyclic amines) is 1. The number of esters is 1. The Morgan fingerprint density at radius 1 is 1.24 bits per heavy atom. The quantitative estimate of drug-likeness (QED) is 0.748. The van der Waals surface area contributed by atoms with Gasteiger partial charge in [-0.2, -0.15) is 0 Å². The molecule has 1 amide bonds. The molecule has 0 unspecified atom stereocenters. The van der Waals surface area contributed by atoms with Gasteiger partial charge in [-0.3, -0.25) is 4.79 Å². The fourth-order valence-corrected chi connectivity index (χ4v) is 3.03. The van der Waals surface area contributed by atoms with E-state index in [0.717, 1.165) is 5.56 Å². The molecule has 1 aromatic carbocycles. The van der Waals surface area contributed by atoms with Gasteiger partial charge in [-0.1, -0.05) is 44.5 Å². The average molecular weight is 368 g/mol. The van der Waals surface area contributed by atoms with Gasteiger partial charge in [-0.15, -0.1) is 0 Å². The van der Waals surface area contributed by atoms with E-state index in [4.69, 9.17) is 21.1 Å². The van der Waals surface area contributed by atoms with Gasteiger partial charge in [0, 0.05) is 24.4 Å². The Bertz CT molecular complexity index is 609. The highest BCUT2D eigenvalue weighted by Crippen LogP contribution is 2.27. The summed E-state index contributed by atoms with van der Waals surface area (Å²) in [4.78, 5) is 26.3. The number of hydrogen-bond acceptors (Lipinski definition) is 4. The lowest BCUT2D eigenvalue weighted by atomic mass is 9.91. The van der Waals surface area contributed by atoms with Crippen molar-refractivity contribution in [2.45, 2.75) is 52.4 Å². The summed E-state index contributed by atoms with van der Waals surface area (Å²) in [6.45, 7) is 6.83. The van der Waals surface area contributed by atoms with Crippen molar-refractivity contribution in [3.8, 4) is 0 Å². The van der Waals surface area contributed by atoms with Crippen LogP contribution in [0.1, 0.15) is 39.2 Å². The monoisotopic (exact) mass is 367 g/mol. The molecule has 6 heteroatoms. The molecule has 25 heavy (non-hydrogen) atoms. The zero-order valence-electron chi connectivity index (χ0n) is 15.3. The normalized spacial score (nSPS) is 20.6. The maximum Gasteiger partial charge on any atom is 0.328 e. The average Bonchev–Trinajstić information content (AvgIpc) is 2.96. The number of amides is 1. The molecule has 5 nitrogen and oxygen atoms in total. The largest absolute Gasteiger partial charge is 0.467 e. The van der Waals surface area contributed by atoms with Crippen LogP contribution in [0.15, 0.2) is 24.3 Å². The highest BCUT2D eigenvalue weighted by atomic mass is 35.5. The van der Waals surface area contributed by atoms with E-state index >= 15 is 0 Å². The van der Waals surface area contributed by atoms with Crippen molar-refractivity contribution in [2.24, 2.45) is 5.41 Å². The van der Waals surface area contributed by atoms with Crippen molar-refractivity contribution >= 4 is 23.5 Å². The Labute approximate surface area is 154 Å². The Kier molecular flexibility index (Phi) is 6.47. The van der Waals surface area contributed by atoms with E-state index in [0.29, 0.717) is 31.0 Å². The first kappa shape index (κ1) is 19.7. The number of ether oxygens (including phenoxy) is 2. The molecular weight excluding hydrogens is 342 g/mol. The number of benzene rings is 1. The first-order valence-corrected chi connectivity index (χ1v) is 8.81. The van der Waals surface area contributed by atoms with Crippen molar-refractivity contribution in [1.29, 1.82) is 0 Å². The molecule has 1 aliphatic rings. The number of nitrogens with zero attached hydrogens (tertiary/aromatic N) is 1. The summed E-state index contributed by atoms with van der Waals surface area (Å²) >= 11 is 5.88.